The molecule has 0 bridgehead atoms. The van der Waals surface area contributed by atoms with Crippen molar-refractivity contribution in [3.63, 3.8) is 0 Å². The van der Waals surface area contributed by atoms with E-state index in [9.17, 15) is 0 Å². The van der Waals surface area contributed by atoms with E-state index >= 15 is 0 Å². The third kappa shape index (κ3) is 7.35. The van der Waals surface area contributed by atoms with Crippen molar-refractivity contribution in [2.24, 2.45) is 0 Å². The molecule has 0 amide bonds. The van der Waals surface area contributed by atoms with Crippen LogP contribution in [0.4, 0.5) is 0 Å². The minimum atomic E-state index is 0. The molecule has 0 aliphatic rings. The molecule has 0 atom stereocenters. The fourth-order valence-corrected chi connectivity index (χ4v) is 8.70. The summed E-state index contributed by atoms with van der Waals surface area (Å²) in [5.41, 5.74) is 15.3. The largest absolute Gasteiger partial charge is 2.00 e. The smallest absolute Gasteiger partial charge is 0.316 e. The Hall–Kier alpha value is -7.65. The van der Waals surface area contributed by atoms with E-state index in [1.54, 1.807) is 0 Å². The molecule has 0 aliphatic carbocycles. The summed E-state index contributed by atoms with van der Waals surface area (Å²) in [5.74, 6) is 0. The third-order valence-corrected chi connectivity index (χ3v) is 11.6. The maximum Gasteiger partial charge on any atom is 2.00 e. The topological polar surface area (TPSA) is 35.6 Å². The fourth-order valence-electron chi connectivity index (χ4n) is 8.70. The molecule has 63 heavy (non-hydrogen) atoms. The van der Waals surface area contributed by atoms with E-state index in [-0.39, 0.29) is 21.1 Å². The van der Waals surface area contributed by atoms with Crippen molar-refractivity contribution in [3.8, 4) is 56.1 Å². The average Bonchev–Trinajstić information content (AvgIpc) is 3.88. The van der Waals surface area contributed by atoms with Crippen molar-refractivity contribution in [1.29, 1.82) is 0 Å². The Morgan fingerprint density at radius 2 is 0.635 bits per heavy atom. The molecule has 0 unspecified atom stereocenters. The van der Waals surface area contributed by atoms with Crippen LogP contribution < -0.4 is 0 Å². The molecule has 0 saturated heterocycles. The molecule has 4 nitrogen and oxygen atoms in total. The first-order valence-corrected chi connectivity index (χ1v) is 20.8. The van der Waals surface area contributed by atoms with Gasteiger partial charge in [-0.3, -0.25) is 0 Å². The summed E-state index contributed by atoms with van der Waals surface area (Å²) in [5, 5.41) is 4.99. The van der Waals surface area contributed by atoms with E-state index in [1.165, 1.54) is 54.7 Å². The van der Waals surface area contributed by atoms with E-state index in [1.807, 2.05) is 36.7 Å². The van der Waals surface area contributed by atoms with Gasteiger partial charge in [-0.15, -0.1) is 59.7 Å². The summed E-state index contributed by atoms with van der Waals surface area (Å²) < 4.78 is 4.62. The number of rotatable bonds is 6. The number of hydrogen-bond donors (Lipinski definition) is 0. The SMILES string of the molecule is [Pt+2].[c-]1cc(-c2ccccc2)ccc1-c1ncccc1-n1c2ccccc2c2ccccc21.[c-]1cc(-c2ccccc2)ccc1-c1ncccc1-n1c2ccccc2c2ccccc21. The Labute approximate surface area is 380 Å². The van der Waals surface area contributed by atoms with E-state index in [0.29, 0.717) is 0 Å². The first-order chi connectivity index (χ1) is 30.8. The van der Waals surface area contributed by atoms with Crippen molar-refractivity contribution in [2.75, 3.05) is 0 Å². The first kappa shape index (κ1) is 39.5. The number of benzene rings is 8. The monoisotopic (exact) mass is 985 g/mol. The van der Waals surface area contributed by atoms with Gasteiger partial charge in [0.1, 0.15) is 0 Å². The van der Waals surface area contributed by atoms with Crippen molar-refractivity contribution in [2.45, 2.75) is 0 Å². The van der Waals surface area contributed by atoms with Gasteiger partial charge in [-0.2, -0.15) is 0 Å². The minimum absolute atomic E-state index is 0. The summed E-state index contributed by atoms with van der Waals surface area (Å²) in [6.45, 7) is 0. The second-order valence-electron chi connectivity index (χ2n) is 15.2. The molecule has 0 spiro atoms. The zero-order valence-corrected chi connectivity index (χ0v) is 36.3. The zero-order valence-electron chi connectivity index (χ0n) is 34.0. The van der Waals surface area contributed by atoms with E-state index in [2.05, 4.69) is 215 Å². The maximum atomic E-state index is 4.77. The predicted molar refractivity (Wildman–Crippen MR) is 257 cm³/mol. The molecule has 8 aromatic carbocycles. The number of para-hydroxylation sites is 4. The van der Waals surface area contributed by atoms with Gasteiger partial charge in [0.2, 0.25) is 0 Å². The molecule has 4 aromatic heterocycles. The molecule has 12 aromatic rings. The molecule has 0 aliphatic heterocycles. The van der Waals surface area contributed by atoms with Crippen LogP contribution in [0.1, 0.15) is 0 Å². The number of pyridine rings is 2. The third-order valence-electron chi connectivity index (χ3n) is 11.6. The number of aromatic nitrogens is 4. The molecule has 0 radical (unpaired) electrons. The van der Waals surface area contributed by atoms with E-state index < -0.39 is 0 Å². The van der Waals surface area contributed by atoms with Crippen molar-refractivity contribution in [1.82, 2.24) is 19.1 Å². The molecule has 5 heteroatoms. The summed E-state index contributed by atoms with van der Waals surface area (Å²) >= 11 is 0. The minimum Gasteiger partial charge on any atom is -0.316 e. The van der Waals surface area contributed by atoms with Gasteiger partial charge in [0.05, 0.1) is 22.1 Å². The molecular weight excluding hydrogens is 948 g/mol. The number of fused-ring (bicyclic) bond motifs is 6. The van der Waals surface area contributed by atoms with Gasteiger partial charge < -0.3 is 19.1 Å². The van der Waals surface area contributed by atoms with Crippen LogP contribution in [0.15, 0.2) is 231 Å². The second kappa shape index (κ2) is 17.4. The van der Waals surface area contributed by atoms with Gasteiger partial charge in [0.25, 0.3) is 0 Å². The Kier molecular flexibility index (Phi) is 10.9. The Morgan fingerprint density at radius 3 is 0.968 bits per heavy atom. The Morgan fingerprint density at radius 1 is 0.302 bits per heavy atom. The summed E-state index contributed by atoms with van der Waals surface area (Å²) in [6, 6.07) is 82.8. The average molecular weight is 986 g/mol. The van der Waals surface area contributed by atoms with Crippen molar-refractivity contribution >= 4 is 43.6 Å². The van der Waals surface area contributed by atoms with E-state index in [0.717, 1.165) is 45.0 Å². The van der Waals surface area contributed by atoms with Gasteiger partial charge in [-0.25, -0.2) is 0 Å². The quantitative estimate of drug-likeness (QED) is 0.156. The molecule has 4 heterocycles. The van der Waals surface area contributed by atoms with Crippen LogP contribution in [0.3, 0.4) is 0 Å². The van der Waals surface area contributed by atoms with Gasteiger partial charge in [-0.1, -0.05) is 156 Å². The van der Waals surface area contributed by atoms with E-state index in [4.69, 9.17) is 9.97 Å². The summed E-state index contributed by atoms with van der Waals surface area (Å²) in [4.78, 5) is 9.54. The van der Waals surface area contributed by atoms with Crippen LogP contribution in [0.5, 0.6) is 0 Å². The molecule has 300 valence electrons. The number of nitrogens with zero attached hydrogens (tertiary/aromatic N) is 4. The Balaban J connectivity index is 0.000000147. The summed E-state index contributed by atoms with van der Waals surface area (Å²) in [7, 11) is 0. The van der Waals surface area contributed by atoms with Gasteiger partial charge >= 0.3 is 21.1 Å². The van der Waals surface area contributed by atoms with Crippen LogP contribution in [0.25, 0.3) is 99.8 Å². The zero-order chi connectivity index (χ0) is 41.2. The van der Waals surface area contributed by atoms with Crippen molar-refractivity contribution < 1.29 is 21.1 Å². The van der Waals surface area contributed by atoms with Crippen LogP contribution >= 0.6 is 0 Å². The fraction of sp³-hybridized carbons (Fsp3) is 0. The van der Waals surface area contributed by atoms with Crippen molar-refractivity contribution in [3.05, 3.63) is 243 Å². The van der Waals surface area contributed by atoms with Crippen LogP contribution in [0, 0.1) is 12.1 Å². The van der Waals surface area contributed by atoms with Crippen LogP contribution in [-0.4, -0.2) is 19.1 Å². The first-order valence-electron chi connectivity index (χ1n) is 20.8. The molecule has 0 fully saturated rings. The Bertz CT molecular complexity index is 3160. The van der Waals surface area contributed by atoms with Gasteiger partial charge in [0.15, 0.2) is 0 Å². The predicted octanol–water partition coefficient (Wildman–Crippen LogP) is 14.6. The molecule has 12 rings (SSSR count). The normalized spacial score (nSPS) is 11.0. The molecule has 0 saturated carbocycles. The molecule has 0 N–H and O–H groups in total. The van der Waals surface area contributed by atoms with Gasteiger partial charge in [0, 0.05) is 56.7 Å². The number of hydrogen-bond acceptors (Lipinski definition) is 2. The van der Waals surface area contributed by atoms with Crippen LogP contribution in [-0.2, 0) is 21.1 Å². The van der Waals surface area contributed by atoms with Gasteiger partial charge in [-0.05, 0) is 48.5 Å². The summed E-state index contributed by atoms with van der Waals surface area (Å²) in [6.07, 6.45) is 3.71. The van der Waals surface area contributed by atoms with Crippen LogP contribution in [0.2, 0.25) is 0 Å². The molecular formula is C58H38N4Pt. The maximum absolute atomic E-state index is 4.77. The second-order valence-corrected chi connectivity index (χ2v) is 15.2. The standard InChI is InChI=1S/2C29H19N2.Pt/c2*1-2-9-21(10-3-1)22-16-18-23(19-17-22)29-28(15-8-20-30-29)31-26-13-6-4-11-24(26)25-12-5-7-14-27(25)31;/h2*1-18,20H;/q2*-1;+2.